The van der Waals surface area contributed by atoms with Gasteiger partial charge in [0, 0.05) is 23.5 Å². The Balaban J connectivity index is 0.00000353. The van der Waals surface area contributed by atoms with E-state index in [1.54, 1.807) is 30.3 Å². The molecular formula is C27H29ClN6O3S2. The molecule has 2 aromatic heterocycles. The van der Waals surface area contributed by atoms with Gasteiger partial charge in [-0.3, -0.25) is 14.1 Å². The standard InChI is InChI=1S/C27H28N6O3S2.ClH/c34-25(29-21-14-16-23(17-15-21)38(35,36)32-24-13-7-8-18-28-24)19-37-27-31-30-26(20-9-3-1-4-10-20)33(27)22-11-5-2-6-12-22;/h1,3-4,7-10,13-18,22H,2,5-6,11-12,19H2,(H,28,32)(H,29,34);1H. The normalized spacial score (nSPS) is 13.8. The van der Waals surface area contributed by atoms with Crippen LogP contribution in [0.15, 0.2) is 89.0 Å². The Bertz CT molecular complexity index is 1480. The molecule has 9 nitrogen and oxygen atoms in total. The second-order valence-corrected chi connectivity index (χ2v) is 11.6. The van der Waals surface area contributed by atoms with Crippen molar-refractivity contribution in [2.45, 2.75) is 48.2 Å². The van der Waals surface area contributed by atoms with E-state index in [1.807, 2.05) is 30.3 Å². The third kappa shape index (κ3) is 7.17. The lowest BCUT2D eigenvalue weighted by Gasteiger charge is -2.25. The molecule has 1 fully saturated rings. The molecule has 0 atom stereocenters. The van der Waals surface area contributed by atoms with Gasteiger partial charge in [-0.05, 0) is 49.2 Å². The van der Waals surface area contributed by atoms with Gasteiger partial charge < -0.3 is 5.32 Å². The number of hydrogen-bond acceptors (Lipinski definition) is 7. The first-order valence-corrected chi connectivity index (χ1v) is 14.9. The molecular weight excluding hydrogens is 556 g/mol. The second kappa shape index (κ2) is 13.1. The fourth-order valence-electron chi connectivity index (χ4n) is 4.49. The van der Waals surface area contributed by atoms with Crippen LogP contribution in [0.25, 0.3) is 11.4 Å². The van der Waals surface area contributed by atoms with Gasteiger partial charge in [0.25, 0.3) is 10.0 Å². The number of nitrogens with zero attached hydrogens (tertiary/aromatic N) is 4. The number of hydrogen-bond donors (Lipinski definition) is 2. The van der Waals surface area contributed by atoms with Crippen molar-refractivity contribution in [1.82, 2.24) is 19.7 Å². The molecule has 2 heterocycles. The number of amides is 1. The highest BCUT2D eigenvalue weighted by molar-refractivity contribution is 7.99. The van der Waals surface area contributed by atoms with Crippen LogP contribution in [0.5, 0.6) is 0 Å². The number of carbonyl (C=O) groups is 1. The zero-order chi connectivity index (χ0) is 26.4. The van der Waals surface area contributed by atoms with Crippen molar-refractivity contribution in [3.05, 3.63) is 79.0 Å². The SMILES string of the molecule is Cl.O=C(CSc1nnc(-c2ccccc2)n1C1CCCCC1)Nc1ccc(S(=O)(=O)Nc2ccccn2)cc1. The van der Waals surface area contributed by atoms with Gasteiger partial charge >= 0.3 is 0 Å². The van der Waals surface area contributed by atoms with E-state index in [9.17, 15) is 13.2 Å². The van der Waals surface area contributed by atoms with Gasteiger partial charge in [-0.25, -0.2) is 13.4 Å². The summed E-state index contributed by atoms with van der Waals surface area (Å²) in [6.45, 7) is 0. The number of pyridine rings is 1. The van der Waals surface area contributed by atoms with Crippen LogP contribution < -0.4 is 10.0 Å². The van der Waals surface area contributed by atoms with E-state index >= 15 is 0 Å². The molecule has 5 rings (SSSR count). The molecule has 1 saturated carbocycles. The van der Waals surface area contributed by atoms with Gasteiger partial charge in [0.05, 0.1) is 10.6 Å². The van der Waals surface area contributed by atoms with Gasteiger partial charge in [-0.1, -0.05) is 67.4 Å². The lowest BCUT2D eigenvalue weighted by Crippen LogP contribution is -2.17. The highest BCUT2D eigenvalue weighted by atomic mass is 35.5. The number of rotatable bonds is 9. The summed E-state index contributed by atoms with van der Waals surface area (Å²) >= 11 is 1.36. The maximum atomic E-state index is 12.7. The molecule has 0 unspecified atom stereocenters. The average Bonchev–Trinajstić information content (AvgIpc) is 3.37. The summed E-state index contributed by atoms with van der Waals surface area (Å²) in [7, 11) is -3.79. The monoisotopic (exact) mass is 584 g/mol. The zero-order valence-electron chi connectivity index (χ0n) is 21.1. The molecule has 1 aliphatic rings. The van der Waals surface area contributed by atoms with Crippen molar-refractivity contribution in [2.24, 2.45) is 0 Å². The summed E-state index contributed by atoms with van der Waals surface area (Å²) in [4.78, 5) is 16.8. The third-order valence-electron chi connectivity index (χ3n) is 6.32. The summed E-state index contributed by atoms with van der Waals surface area (Å²) in [5, 5.41) is 12.5. The Morgan fingerprint density at radius 3 is 2.33 bits per heavy atom. The average molecular weight is 585 g/mol. The van der Waals surface area contributed by atoms with Gasteiger partial charge in [0.1, 0.15) is 5.82 Å². The number of carbonyl (C=O) groups excluding carboxylic acids is 1. The summed E-state index contributed by atoms with van der Waals surface area (Å²) in [6, 6.07) is 21.3. The Hall–Kier alpha value is -3.41. The van der Waals surface area contributed by atoms with Crippen molar-refractivity contribution in [1.29, 1.82) is 0 Å². The van der Waals surface area contributed by atoms with E-state index in [2.05, 4.69) is 29.8 Å². The molecule has 1 amide bonds. The van der Waals surface area contributed by atoms with E-state index in [-0.39, 0.29) is 34.8 Å². The van der Waals surface area contributed by atoms with Crippen LogP contribution >= 0.6 is 24.2 Å². The highest BCUT2D eigenvalue weighted by Gasteiger charge is 2.24. The zero-order valence-corrected chi connectivity index (χ0v) is 23.5. The van der Waals surface area contributed by atoms with Crippen LogP contribution in [0.3, 0.4) is 0 Å². The molecule has 4 aromatic rings. The van der Waals surface area contributed by atoms with Crippen LogP contribution in [0, 0.1) is 0 Å². The Kier molecular flexibility index (Phi) is 9.60. The Morgan fingerprint density at radius 1 is 0.923 bits per heavy atom. The fraction of sp³-hybridized carbons (Fsp3) is 0.259. The minimum atomic E-state index is -3.79. The maximum Gasteiger partial charge on any atom is 0.263 e. The minimum Gasteiger partial charge on any atom is -0.325 e. The molecule has 0 radical (unpaired) electrons. The lowest BCUT2D eigenvalue weighted by molar-refractivity contribution is -0.113. The summed E-state index contributed by atoms with van der Waals surface area (Å²) in [5.74, 6) is 1.01. The molecule has 39 heavy (non-hydrogen) atoms. The molecule has 12 heteroatoms. The Labute approximate surface area is 238 Å². The summed E-state index contributed by atoms with van der Waals surface area (Å²) in [5.41, 5.74) is 1.51. The van der Waals surface area contributed by atoms with Crippen molar-refractivity contribution in [3.63, 3.8) is 0 Å². The number of halogens is 1. The van der Waals surface area contributed by atoms with Crippen LogP contribution in [0.1, 0.15) is 38.1 Å². The molecule has 0 spiro atoms. The number of anilines is 2. The van der Waals surface area contributed by atoms with Gasteiger partial charge in [0.15, 0.2) is 11.0 Å². The molecule has 2 N–H and O–H groups in total. The maximum absolute atomic E-state index is 12.7. The minimum absolute atomic E-state index is 0. The molecule has 2 aromatic carbocycles. The lowest BCUT2D eigenvalue weighted by atomic mass is 9.95. The van der Waals surface area contributed by atoms with E-state index in [1.165, 1.54) is 49.4 Å². The smallest absolute Gasteiger partial charge is 0.263 e. The van der Waals surface area contributed by atoms with Crippen LogP contribution in [0.2, 0.25) is 0 Å². The Morgan fingerprint density at radius 2 is 1.64 bits per heavy atom. The van der Waals surface area contributed by atoms with Crippen molar-refractivity contribution < 1.29 is 13.2 Å². The topological polar surface area (TPSA) is 119 Å². The highest BCUT2D eigenvalue weighted by Crippen LogP contribution is 2.35. The number of sulfonamides is 1. The molecule has 1 aliphatic carbocycles. The van der Waals surface area contributed by atoms with E-state index < -0.39 is 10.0 Å². The van der Waals surface area contributed by atoms with Gasteiger partial charge in [-0.15, -0.1) is 22.6 Å². The first-order valence-electron chi connectivity index (χ1n) is 12.5. The van der Waals surface area contributed by atoms with Crippen molar-refractivity contribution >= 4 is 51.6 Å². The van der Waals surface area contributed by atoms with E-state index in [0.29, 0.717) is 11.7 Å². The summed E-state index contributed by atoms with van der Waals surface area (Å²) in [6.07, 6.45) is 7.23. The van der Waals surface area contributed by atoms with Crippen LogP contribution in [-0.4, -0.2) is 39.8 Å². The third-order valence-corrected chi connectivity index (χ3v) is 8.63. The van der Waals surface area contributed by atoms with E-state index in [4.69, 9.17) is 0 Å². The van der Waals surface area contributed by atoms with Crippen molar-refractivity contribution in [2.75, 3.05) is 15.8 Å². The van der Waals surface area contributed by atoms with E-state index in [0.717, 1.165) is 29.4 Å². The number of nitrogens with one attached hydrogen (secondary N) is 2. The van der Waals surface area contributed by atoms with Crippen LogP contribution in [-0.2, 0) is 14.8 Å². The predicted octanol–water partition coefficient (Wildman–Crippen LogP) is 5.80. The summed E-state index contributed by atoms with van der Waals surface area (Å²) < 4.78 is 29.8. The van der Waals surface area contributed by atoms with Crippen LogP contribution in [0.4, 0.5) is 11.5 Å². The molecule has 0 aliphatic heterocycles. The number of benzene rings is 2. The van der Waals surface area contributed by atoms with Gasteiger partial charge in [0.2, 0.25) is 5.91 Å². The van der Waals surface area contributed by atoms with Gasteiger partial charge in [-0.2, -0.15) is 0 Å². The second-order valence-electron chi connectivity index (χ2n) is 9.02. The first-order chi connectivity index (χ1) is 18.5. The molecule has 204 valence electrons. The fourth-order valence-corrected chi connectivity index (χ4v) is 6.31. The molecule has 0 bridgehead atoms. The van der Waals surface area contributed by atoms with Crippen molar-refractivity contribution in [3.8, 4) is 11.4 Å². The number of aromatic nitrogens is 4. The predicted molar refractivity (Wildman–Crippen MR) is 156 cm³/mol. The quantitative estimate of drug-likeness (QED) is 0.239. The largest absolute Gasteiger partial charge is 0.325 e. The first kappa shape index (κ1) is 28.6. The number of thioether (sulfide) groups is 1. The molecule has 0 saturated heterocycles.